The molecular weight excluding hydrogens is 334 g/mol. The van der Waals surface area contributed by atoms with Gasteiger partial charge in [0.1, 0.15) is 17.1 Å². The maximum atomic E-state index is 12.4. The highest BCUT2D eigenvalue weighted by Crippen LogP contribution is 2.38. The van der Waals surface area contributed by atoms with E-state index in [1.54, 1.807) is 11.0 Å². The van der Waals surface area contributed by atoms with E-state index in [4.69, 9.17) is 9.26 Å². The highest BCUT2D eigenvalue weighted by Gasteiger charge is 2.46. The third-order valence-corrected chi connectivity index (χ3v) is 4.92. The molecule has 2 aliphatic rings. The fourth-order valence-electron chi connectivity index (χ4n) is 3.63. The van der Waals surface area contributed by atoms with Crippen LogP contribution in [0.25, 0.3) is 0 Å². The molecule has 4 rings (SSSR count). The van der Waals surface area contributed by atoms with E-state index in [1.165, 1.54) is 0 Å². The van der Waals surface area contributed by atoms with E-state index >= 15 is 0 Å². The number of benzene rings is 1. The monoisotopic (exact) mass is 355 g/mol. The molecule has 2 aliphatic heterocycles. The molecule has 3 heterocycles. The molecular formula is C19H21N3O4. The van der Waals surface area contributed by atoms with E-state index < -0.39 is 5.60 Å². The smallest absolute Gasteiger partial charge is 0.317 e. The van der Waals surface area contributed by atoms with Crippen molar-refractivity contribution in [2.45, 2.75) is 31.8 Å². The van der Waals surface area contributed by atoms with Crippen LogP contribution in [0.1, 0.15) is 34.7 Å². The van der Waals surface area contributed by atoms with Crippen molar-refractivity contribution in [3.8, 4) is 5.75 Å². The van der Waals surface area contributed by atoms with Gasteiger partial charge >= 0.3 is 6.03 Å². The molecule has 0 aliphatic carbocycles. The van der Waals surface area contributed by atoms with Gasteiger partial charge in [0.05, 0.1) is 24.2 Å². The number of urea groups is 1. The van der Waals surface area contributed by atoms with Gasteiger partial charge in [-0.3, -0.25) is 4.79 Å². The third-order valence-electron chi connectivity index (χ3n) is 4.92. The Morgan fingerprint density at radius 1 is 1.38 bits per heavy atom. The first-order valence-corrected chi connectivity index (χ1v) is 8.81. The standard InChI is InChI=1S/C19H21N3O4/c1-13-10-14(26-21-13)6-8-20-18(24)22-9-7-19(12-22)11-16(23)15-4-2-3-5-17(15)25-19/h2-5,10H,6-9,11-12H2,1H3,(H,20,24). The minimum absolute atomic E-state index is 0.0785. The highest BCUT2D eigenvalue weighted by atomic mass is 16.5. The summed E-state index contributed by atoms with van der Waals surface area (Å²) >= 11 is 0. The Kier molecular flexibility index (Phi) is 4.14. The van der Waals surface area contributed by atoms with Crippen LogP contribution >= 0.6 is 0 Å². The van der Waals surface area contributed by atoms with Crippen molar-refractivity contribution in [1.29, 1.82) is 0 Å². The summed E-state index contributed by atoms with van der Waals surface area (Å²) in [6, 6.07) is 9.01. The Morgan fingerprint density at radius 3 is 3.04 bits per heavy atom. The molecule has 1 aromatic carbocycles. The van der Waals surface area contributed by atoms with Crippen LogP contribution in [0.15, 0.2) is 34.9 Å². The number of hydrogen-bond acceptors (Lipinski definition) is 5. The van der Waals surface area contributed by atoms with E-state index in [0.717, 1.165) is 11.5 Å². The zero-order valence-corrected chi connectivity index (χ0v) is 14.7. The van der Waals surface area contributed by atoms with Crippen LogP contribution in [0.5, 0.6) is 5.75 Å². The Balaban J connectivity index is 1.35. The second-order valence-corrected chi connectivity index (χ2v) is 6.97. The molecule has 2 amide bonds. The predicted molar refractivity (Wildman–Crippen MR) is 93.3 cm³/mol. The minimum Gasteiger partial charge on any atom is -0.484 e. The first kappa shape index (κ1) is 16.6. The Hall–Kier alpha value is -2.83. The summed E-state index contributed by atoms with van der Waals surface area (Å²) < 4.78 is 11.3. The molecule has 1 spiro atoms. The van der Waals surface area contributed by atoms with Gasteiger partial charge in [0.2, 0.25) is 0 Å². The van der Waals surface area contributed by atoms with Crippen molar-refractivity contribution in [2.75, 3.05) is 19.6 Å². The van der Waals surface area contributed by atoms with Crippen molar-refractivity contribution in [3.63, 3.8) is 0 Å². The van der Waals surface area contributed by atoms with Gasteiger partial charge in [-0.05, 0) is 19.1 Å². The molecule has 1 aromatic heterocycles. The fraction of sp³-hybridized carbons (Fsp3) is 0.421. The van der Waals surface area contributed by atoms with E-state index in [1.807, 2.05) is 31.2 Å². The highest BCUT2D eigenvalue weighted by molar-refractivity contribution is 6.00. The van der Waals surface area contributed by atoms with E-state index in [-0.39, 0.29) is 11.8 Å². The Bertz CT molecular complexity index is 847. The zero-order chi connectivity index (χ0) is 18.1. The molecule has 1 unspecified atom stereocenters. The number of carbonyl (C=O) groups is 2. The number of likely N-dealkylation sites (tertiary alicyclic amines) is 1. The molecule has 0 radical (unpaired) electrons. The summed E-state index contributed by atoms with van der Waals surface area (Å²) in [5.74, 6) is 1.44. The normalized spacial score (nSPS) is 21.6. The number of carbonyl (C=O) groups excluding carboxylic acids is 2. The number of aryl methyl sites for hydroxylation is 1. The van der Waals surface area contributed by atoms with Crippen LogP contribution < -0.4 is 10.1 Å². The molecule has 1 atom stereocenters. The summed E-state index contributed by atoms with van der Waals surface area (Å²) in [6.45, 7) is 3.32. The molecule has 7 heteroatoms. The van der Waals surface area contributed by atoms with Gasteiger partial charge in [0.15, 0.2) is 5.78 Å². The van der Waals surface area contributed by atoms with Gasteiger partial charge < -0.3 is 19.5 Å². The van der Waals surface area contributed by atoms with Crippen molar-refractivity contribution >= 4 is 11.8 Å². The van der Waals surface area contributed by atoms with Gasteiger partial charge in [-0.25, -0.2) is 4.79 Å². The predicted octanol–water partition coefficient (Wildman–Crippen LogP) is 2.35. The first-order chi connectivity index (χ1) is 12.5. The quantitative estimate of drug-likeness (QED) is 0.913. The molecule has 1 N–H and O–H groups in total. The molecule has 26 heavy (non-hydrogen) atoms. The van der Waals surface area contributed by atoms with E-state index in [0.29, 0.717) is 50.2 Å². The van der Waals surface area contributed by atoms with Gasteiger partial charge in [-0.2, -0.15) is 0 Å². The summed E-state index contributed by atoms with van der Waals surface area (Å²) in [6.07, 6.45) is 1.56. The number of nitrogens with zero attached hydrogens (tertiary/aromatic N) is 2. The average molecular weight is 355 g/mol. The van der Waals surface area contributed by atoms with E-state index in [2.05, 4.69) is 10.5 Å². The van der Waals surface area contributed by atoms with Crippen molar-refractivity contribution in [2.24, 2.45) is 0 Å². The molecule has 136 valence electrons. The zero-order valence-electron chi connectivity index (χ0n) is 14.7. The lowest BCUT2D eigenvalue weighted by Gasteiger charge is -2.34. The number of amides is 2. The topological polar surface area (TPSA) is 84.7 Å². The summed E-state index contributed by atoms with van der Waals surface area (Å²) in [4.78, 5) is 26.6. The summed E-state index contributed by atoms with van der Waals surface area (Å²) in [5, 5.41) is 6.72. The number of ether oxygens (including phenoxy) is 1. The lowest BCUT2D eigenvalue weighted by Crippen LogP contribution is -2.47. The van der Waals surface area contributed by atoms with Gasteiger partial charge in [0.25, 0.3) is 0 Å². The molecule has 7 nitrogen and oxygen atoms in total. The number of fused-ring (bicyclic) bond motifs is 1. The lowest BCUT2D eigenvalue weighted by molar-refractivity contribution is 0.0478. The van der Waals surface area contributed by atoms with Crippen LogP contribution in [0.2, 0.25) is 0 Å². The van der Waals surface area contributed by atoms with Crippen molar-refractivity contribution < 1.29 is 18.8 Å². The number of para-hydroxylation sites is 1. The molecule has 1 saturated heterocycles. The number of Topliss-reactive ketones (excluding diaryl/α,β-unsaturated/α-hetero) is 1. The lowest BCUT2D eigenvalue weighted by atomic mass is 9.89. The molecule has 2 aromatic rings. The second kappa shape index (κ2) is 6.48. The number of hydrogen-bond donors (Lipinski definition) is 1. The number of ketones is 1. The summed E-state index contributed by atoms with van der Waals surface area (Å²) in [5.41, 5.74) is 0.848. The Morgan fingerprint density at radius 2 is 2.23 bits per heavy atom. The van der Waals surface area contributed by atoms with Crippen LogP contribution in [-0.4, -0.2) is 47.1 Å². The van der Waals surface area contributed by atoms with Crippen LogP contribution in [0, 0.1) is 6.92 Å². The fourth-order valence-corrected chi connectivity index (χ4v) is 3.63. The van der Waals surface area contributed by atoms with Gasteiger partial charge in [-0.1, -0.05) is 17.3 Å². The van der Waals surface area contributed by atoms with Gasteiger partial charge in [0, 0.05) is 32.0 Å². The third kappa shape index (κ3) is 3.16. The average Bonchev–Trinajstić information content (AvgIpc) is 3.21. The number of rotatable bonds is 3. The maximum absolute atomic E-state index is 12.4. The van der Waals surface area contributed by atoms with Gasteiger partial charge in [-0.15, -0.1) is 0 Å². The molecule has 1 fully saturated rings. The van der Waals surface area contributed by atoms with Crippen LogP contribution in [-0.2, 0) is 6.42 Å². The minimum atomic E-state index is -0.606. The van der Waals surface area contributed by atoms with Crippen molar-refractivity contribution in [1.82, 2.24) is 15.4 Å². The first-order valence-electron chi connectivity index (χ1n) is 8.81. The molecule has 0 bridgehead atoms. The SMILES string of the molecule is Cc1cc(CCNC(=O)N2CCC3(CC(=O)c4ccccc4O3)C2)on1. The van der Waals surface area contributed by atoms with Crippen LogP contribution in [0.4, 0.5) is 4.79 Å². The number of aromatic nitrogens is 1. The van der Waals surface area contributed by atoms with Crippen LogP contribution in [0.3, 0.4) is 0 Å². The summed E-state index contributed by atoms with van der Waals surface area (Å²) in [7, 11) is 0. The Labute approximate surface area is 151 Å². The second-order valence-electron chi connectivity index (χ2n) is 6.97. The molecule has 0 saturated carbocycles. The number of nitrogens with one attached hydrogen (secondary N) is 1. The largest absolute Gasteiger partial charge is 0.484 e. The van der Waals surface area contributed by atoms with Crippen molar-refractivity contribution in [3.05, 3.63) is 47.3 Å². The van der Waals surface area contributed by atoms with E-state index in [9.17, 15) is 9.59 Å². The maximum Gasteiger partial charge on any atom is 0.317 e.